The summed E-state index contributed by atoms with van der Waals surface area (Å²) >= 11 is 0. The Bertz CT molecular complexity index is 1510. The van der Waals surface area contributed by atoms with Crippen LogP contribution in [0.3, 0.4) is 0 Å². The van der Waals surface area contributed by atoms with Crippen molar-refractivity contribution in [2.24, 2.45) is 0 Å². The molecule has 5 nitrogen and oxygen atoms in total. The first-order valence-electron chi connectivity index (χ1n) is 15.3. The summed E-state index contributed by atoms with van der Waals surface area (Å²) in [6.45, 7) is 4.75. The van der Waals surface area contributed by atoms with Gasteiger partial charge in [-0.25, -0.2) is 9.37 Å². The van der Waals surface area contributed by atoms with E-state index in [4.69, 9.17) is 4.98 Å². The van der Waals surface area contributed by atoms with E-state index in [1.165, 1.54) is 18.4 Å². The minimum atomic E-state index is -0.223. The number of aryl methyl sites for hydroxylation is 1. The van der Waals surface area contributed by atoms with Crippen LogP contribution in [0.25, 0.3) is 11.0 Å². The van der Waals surface area contributed by atoms with Crippen LogP contribution in [0.4, 0.5) is 4.39 Å². The molecule has 6 heteroatoms. The summed E-state index contributed by atoms with van der Waals surface area (Å²) in [5.74, 6) is 0.917. The first-order chi connectivity index (χ1) is 20.0. The molecule has 2 unspecified atom stereocenters. The zero-order valence-corrected chi connectivity index (χ0v) is 23.9. The summed E-state index contributed by atoms with van der Waals surface area (Å²) in [7, 11) is 0. The number of rotatable bonds is 6. The van der Waals surface area contributed by atoms with E-state index >= 15 is 0 Å². The predicted molar refractivity (Wildman–Crippen MR) is 161 cm³/mol. The average Bonchev–Trinajstić information content (AvgIpc) is 3.46. The molecule has 41 heavy (non-hydrogen) atoms. The van der Waals surface area contributed by atoms with Gasteiger partial charge in [-0.15, -0.1) is 0 Å². The molecule has 1 amide bonds. The lowest BCUT2D eigenvalue weighted by atomic mass is 9.70. The molecule has 0 spiro atoms. The number of fused-ring (bicyclic) bond motifs is 3. The maximum atomic E-state index is 13.9. The molecular weight excluding hydrogens is 511 g/mol. The summed E-state index contributed by atoms with van der Waals surface area (Å²) in [5, 5.41) is 0. The van der Waals surface area contributed by atoms with Crippen molar-refractivity contribution < 1.29 is 9.18 Å². The monoisotopic (exact) mass is 550 g/mol. The second kappa shape index (κ2) is 10.7. The molecule has 3 aromatic carbocycles. The molecule has 2 bridgehead atoms. The third kappa shape index (κ3) is 4.86. The van der Waals surface area contributed by atoms with Crippen molar-refractivity contribution in [1.82, 2.24) is 19.4 Å². The van der Waals surface area contributed by atoms with Crippen molar-refractivity contribution in [3.8, 4) is 0 Å². The first-order valence-corrected chi connectivity index (χ1v) is 15.3. The predicted octanol–water partition coefficient (Wildman–Crippen LogP) is 6.92. The topological polar surface area (TPSA) is 41.4 Å². The van der Waals surface area contributed by atoms with Crippen molar-refractivity contribution in [3.05, 3.63) is 102 Å². The number of hydrogen-bond donors (Lipinski definition) is 0. The fraction of sp³-hybridized carbons (Fsp3) is 0.429. The number of hydrogen-bond acceptors (Lipinski definition) is 3. The van der Waals surface area contributed by atoms with Gasteiger partial charge in [0, 0.05) is 42.8 Å². The smallest absolute Gasteiger partial charge is 0.253 e. The number of piperidine rings is 2. The van der Waals surface area contributed by atoms with Crippen molar-refractivity contribution in [3.63, 3.8) is 0 Å². The van der Waals surface area contributed by atoms with E-state index in [1.807, 2.05) is 36.4 Å². The molecular formula is C35H39FN4O. The normalized spacial score (nSPS) is 24.1. The summed E-state index contributed by atoms with van der Waals surface area (Å²) < 4.78 is 16.2. The highest BCUT2D eigenvalue weighted by Gasteiger charge is 2.44. The number of benzene rings is 3. The van der Waals surface area contributed by atoms with Crippen LogP contribution in [0.15, 0.2) is 78.9 Å². The van der Waals surface area contributed by atoms with Gasteiger partial charge in [-0.1, -0.05) is 48.5 Å². The van der Waals surface area contributed by atoms with E-state index in [9.17, 15) is 9.18 Å². The summed E-state index contributed by atoms with van der Waals surface area (Å²) in [5.41, 5.74) is 4.11. The van der Waals surface area contributed by atoms with Crippen LogP contribution in [0.1, 0.15) is 72.7 Å². The average molecular weight is 551 g/mol. The molecule has 2 atom stereocenters. The Morgan fingerprint density at radius 1 is 0.902 bits per heavy atom. The Morgan fingerprint density at radius 3 is 2.24 bits per heavy atom. The van der Waals surface area contributed by atoms with Gasteiger partial charge in [0.1, 0.15) is 11.6 Å². The number of halogens is 1. The highest BCUT2D eigenvalue weighted by molar-refractivity contribution is 5.94. The number of carbonyl (C=O) groups is 1. The maximum absolute atomic E-state index is 13.9. The lowest BCUT2D eigenvalue weighted by Crippen LogP contribution is -2.49. The lowest BCUT2D eigenvalue weighted by molar-refractivity contribution is 0.0607. The van der Waals surface area contributed by atoms with Crippen LogP contribution >= 0.6 is 0 Å². The fourth-order valence-electron chi connectivity index (χ4n) is 8.19. The van der Waals surface area contributed by atoms with E-state index in [1.54, 1.807) is 12.1 Å². The lowest BCUT2D eigenvalue weighted by Gasteiger charge is -2.45. The van der Waals surface area contributed by atoms with E-state index < -0.39 is 0 Å². The van der Waals surface area contributed by atoms with Gasteiger partial charge in [-0.05, 0) is 93.7 Å². The summed E-state index contributed by atoms with van der Waals surface area (Å²) in [6.07, 6.45) is 7.86. The van der Waals surface area contributed by atoms with E-state index in [2.05, 4.69) is 51.6 Å². The van der Waals surface area contributed by atoms with Gasteiger partial charge < -0.3 is 9.47 Å². The number of carbonyl (C=O) groups excluding carboxylic acids is 1. The molecule has 0 N–H and O–H groups in total. The molecule has 0 radical (unpaired) electrons. The number of nitrogens with zero attached hydrogens (tertiary/aromatic N) is 4. The van der Waals surface area contributed by atoms with Gasteiger partial charge in [-0.2, -0.15) is 0 Å². The first kappa shape index (κ1) is 26.4. The van der Waals surface area contributed by atoms with Gasteiger partial charge in [-0.3, -0.25) is 9.69 Å². The Labute approximate surface area is 242 Å². The van der Waals surface area contributed by atoms with Gasteiger partial charge in [0.25, 0.3) is 5.91 Å². The molecule has 7 rings (SSSR count). The van der Waals surface area contributed by atoms with Crippen LogP contribution in [0.5, 0.6) is 0 Å². The Kier molecular flexibility index (Phi) is 6.90. The molecule has 3 fully saturated rings. The minimum Gasteiger partial charge on any atom is -0.339 e. The zero-order chi connectivity index (χ0) is 28.0. The van der Waals surface area contributed by atoms with E-state index in [-0.39, 0.29) is 17.1 Å². The zero-order valence-electron chi connectivity index (χ0n) is 23.9. The van der Waals surface area contributed by atoms with Crippen molar-refractivity contribution in [2.75, 3.05) is 19.6 Å². The third-order valence-corrected chi connectivity index (χ3v) is 10.3. The van der Waals surface area contributed by atoms with Crippen molar-refractivity contribution >= 4 is 16.9 Å². The minimum absolute atomic E-state index is 0.0895. The molecule has 3 aliphatic heterocycles. The molecule has 4 aromatic rings. The summed E-state index contributed by atoms with van der Waals surface area (Å²) in [6, 6.07) is 27.3. The van der Waals surface area contributed by atoms with Gasteiger partial charge in [0.05, 0.1) is 11.0 Å². The van der Waals surface area contributed by atoms with E-state index in [0.29, 0.717) is 18.1 Å². The second-order valence-corrected chi connectivity index (χ2v) is 12.5. The Balaban J connectivity index is 1.07. The molecule has 3 saturated heterocycles. The van der Waals surface area contributed by atoms with Crippen LogP contribution in [0.2, 0.25) is 0 Å². The number of likely N-dealkylation sites (tertiary alicyclic amines) is 1. The number of aromatic nitrogens is 2. The molecule has 212 valence electrons. The van der Waals surface area contributed by atoms with Crippen LogP contribution in [-0.4, -0.2) is 57.0 Å². The van der Waals surface area contributed by atoms with E-state index in [0.717, 1.165) is 74.2 Å². The third-order valence-electron chi connectivity index (χ3n) is 10.3. The molecule has 4 heterocycles. The summed E-state index contributed by atoms with van der Waals surface area (Å²) in [4.78, 5) is 22.7. The SMILES string of the molecule is Cc1nc2cc(F)ccc2n1C1CC2CCC(C1)N2CCC1(c2ccccc2)CCN(C(=O)c2ccccc2)CC1. The molecule has 0 aliphatic carbocycles. The van der Waals surface area contributed by atoms with Gasteiger partial charge >= 0.3 is 0 Å². The fourth-order valence-corrected chi connectivity index (χ4v) is 8.19. The molecule has 1 aromatic heterocycles. The largest absolute Gasteiger partial charge is 0.339 e. The van der Waals surface area contributed by atoms with Crippen molar-refractivity contribution in [2.45, 2.75) is 75.4 Å². The van der Waals surface area contributed by atoms with Gasteiger partial charge in [0.2, 0.25) is 0 Å². The number of amides is 1. The highest BCUT2D eigenvalue weighted by atomic mass is 19.1. The Hall–Kier alpha value is -3.51. The second-order valence-electron chi connectivity index (χ2n) is 12.5. The van der Waals surface area contributed by atoms with Crippen LogP contribution < -0.4 is 0 Å². The Morgan fingerprint density at radius 2 is 1.56 bits per heavy atom. The van der Waals surface area contributed by atoms with Crippen LogP contribution in [-0.2, 0) is 5.41 Å². The molecule has 0 saturated carbocycles. The maximum Gasteiger partial charge on any atom is 0.253 e. The van der Waals surface area contributed by atoms with Gasteiger partial charge in [0.15, 0.2) is 0 Å². The standard InChI is InChI=1S/C35H39FN4O/c1-25-37-32-22-28(36)12-15-33(32)40(25)31-23-29-13-14-30(24-31)39(29)21-18-35(27-10-6-3-7-11-27)16-19-38(20-17-35)34(41)26-8-4-2-5-9-26/h2-12,15,22,29-31H,13-14,16-21,23-24H2,1H3. The molecule has 3 aliphatic rings. The van der Waals surface area contributed by atoms with Crippen molar-refractivity contribution in [1.29, 1.82) is 0 Å². The highest BCUT2D eigenvalue weighted by Crippen LogP contribution is 2.45. The quantitative estimate of drug-likeness (QED) is 0.262. The number of imidazole rings is 1. The van der Waals surface area contributed by atoms with Crippen LogP contribution in [0, 0.1) is 12.7 Å².